The Bertz CT molecular complexity index is 1730. The van der Waals surface area contributed by atoms with Crippen molar-refractivity contribution in [2.45, 2.75) is 39.8 Å². The van der Waals surface area contributed by atoms with Crippen molar-refractivity contribution in [3.05, 3.63) is 114 Å². The summed E-state index contributed by atoms with van der Waals surface area (Å²) >= 11 is 0. The van der Waals surface area contributed by atoms with E-state index in [4.69, 9.17) is 0 Å². The van der Waals surface area contributed by atoms with E-state index in [0.717, 1.165) is 0 Å². The maximum Gasteiger partial charge on any atom is 0.328 e. The van der Waals surface area contributed by atoms with Crippen molar-refractivity contribution in [2.75, 3.05) is 10.6 Å². The van der Waals surface area contributed by atoms with Gasteiger partial charge in [-0.3, -0.25) is 38.3 Å². The Morgan fingerprint density at radius 2 is 1.00 bits per heavy atom. The number of carbonyl (C=O) groups is 2. The third-order valence-electron chi connectivity index (χ3n) is 6.12. The van der Waals surface area contributed by atoms with Gasteiger partial charge in [0.15, 0.2) is 0 Å². The van der Waals surface area contributed by atoms with Crippen molar-refractivity contribution in [1.29, 1.82) is 0 Å². The number of rotatable bonds is 10. The van der Waals surface area contributed by atoms with Gasteiger partial charge in [0.2, 0.25) is 11.8 Å². The second kappa shape index (κ2) is 13.1. The molecule has 2 heterocycles. The van der Waals surface area contributed by atoms with Gasteiger partial charge in [-0.2, -0.15) is 10.2 Å². The highest BCUT2D eigenvalue weighted by atomic mass is 16.2. The van der Waals surface area contributed by atoms with Crippen LogP contribution in [0.2, 0.25) is 0 Å². The number of hydrogen-bond donors (Lipinski definition) is 4. The fourth-order valence-corrected chi connectivity index (χ4v) is 3.80. The lowest BCUT2D eigenvalue weighted by molar-refractivity contribution is -0.117. The molecule has 0 saturated heterocycles. The van der Waals surface area contributed by atoms with E-state index in [1.165, 1.54) is 21.5 Å². The molecule has 42 heavy (non-hydrogen) atoms. The van der Waals surface area contributed by atoms with Crippen LogP contribution in [0.5, 0.6) is 0 Å². The van der Waals surface area contributed by atoms with Gasteiger partial charge in [-0.05, 0) is 62.4 Å². The van der Waals surface area contributed by atoms with Crippen LogP contribution in [0.4, 0.5) is 22.7 Å². The number of aryl methyl sites for hydroxylation is 4. The summed E-state index contributed by atoms with van der Waals surface area (Å²) < 4.78 is 2.56. The molecule has 2 aromatic heterocycles. The number of aromatic nitrogens is 4. The summed E-state index contributed by atoms with van der Waals surface area (Å²) in [5, 5.41) is 13.8. The van der Waals surface area contributed by atoms with Crippen molar-refractivity contribution in [3.63, 3.8) is 0 Å². The number of hydrogen-bond acceptors (Lipinski definition) is 8. The molecule has 0 saturated carbocycles. The predicted molar refractivity (Wildman–Crippen MR) is 156 cm³/mol. The first-order chi connectivity index (χ1) is 20.1. The highest BCUT2D eigenvalue weighted by Crippen LogP contribution is 2.22. The summed E-state index contributed by atoms with van der Waals surface area (Å²) in [6, 6.07) is 13.4. The summed E-state index contributed by atoms with van der Waals surface area (Å²) in [6.45, 7) is 3.40. The summed E-state index contributed by atoms with van der Waals surface area (Å²) in [4.78, 5) is 75.6. The normalized spacial score (nSPS) is 11.0. The van der Waals surface area contributed by atoms with E-state index in [1.807, 2.05) is 0 Å². The molecule has 14 heteroatoms. The molecule has 216 valence electrons. The zero-order chi connectivity index (χ0) is 30.2. The molecule has 0 aliphatic rings. The first-order valence-corrected chi connectivity index (χ1v) is 12.9. The molecule has 4 N–H and O–H groups in total. The van der Waals surface area contributed by atoms with E-state index in [9.17, 15) is 28.8 Å². The Morgan fingerprint density at radius 3 is 1.36 bits per heavy atom. The fraction of sp³-hybridized carbons (Fsp3) is 0.214. The van der Waals surface area contributed by atoms with E-state index < -0.39 is 22.5 Å². The number of aromatic amines is 2. The third-order valence-corrected chi connectivity index (χ3v) is 6.12. The Labute approximate surface area is 237 Å². The largest absolute Gasteiger partial charge is 0.328 e. The molecule has 0 spiro atoms. The van der Waals surface area contributed by atoms with Crippen molar-refractivity contribution < 1.29 is 9.59 Å². The van der Waals surface area contributed by atoms with Crippen LogP contribution in [0, 0.1) is 13.8 Å². The van der Waals surface area contributed by atoms with Crippen LogP contribution < -0.4 is 33.1 Å². The van der Waals surface area contributed by atoms with Crippen LogP contribution >= 0.6 is 0 Å². The van der Waals surface area contributed by atoms with Gasteiger partial charge in [0.05, 0.1) is 11.4 Å². The van der Waals surface area contributed by atoms with Crippen LogP contribution in [-0.2, 0) is 22.7 Å². The Hall–Kier alpha value is -5.66. The zero-order valence-corrected chi connectivity index (χ0v) is 22.8. The molecule has 0 fully saturated rings. The molecular weight excluding hydrogens is 544 g/mol. The van der Waals surface area contributed by atoms with E-state index >= 15 is 0 Å². The number of amides is 2. The van der Waals surface area contributed by atoms with Gasteiger partial charge in [-0.25, -0.2) is 9.59 Å². The van der Waals surface area contributed by atoms with Gasteiger partial charge in [-0.1, -0.05) is 0 Å². The summed E-state index contributed by atoms with van der Waals surface area (Å²) in [5.41, 5.74) is 0.913. The quantitative estimate of drug-likeness (QED) is 0.211. The Kier molecular flexibility index (Phi) is 9.17. The lowest BCUT2D eigenvalue weighted by Gasteiger charge is -2.08. The second-order valence-electron chi connectivity index (χ2n) is 9.42. The average molecular weight is 573 g/mol. The zero-order valence-electron chi connectivity index (χ0n) is 22.8. The van der Waals surface area contributed by atoms with Crippen LogP contribution in [0.3, 0.4) is 0 Å². The maximum atomic E-state index is 12.3. The van der Waals surface area contributed by atoms with Gasteiger partial charge in [-0.15, -0.1) is 0 Å². The number of benzene rings is 2. The molecule has 0 aliphatic carbocycles. The molecular formula is C28H28N8O6. The van der Waals surface area contributed by atoms with Gasteiger partial charge < -0.3 is 10.6 Å². The van der Waals surface area contributed by atoms with Crippen LogP contribution in [0.1, 0.15) is 24.0 Å². The van der Waals surface area contributed by atoms with E-state index in [0.29, 0.717) is 33.9 Å². The van der Waals surface area contributed by atoms with Crippen LogP contribution in [-0.4, -0.2) is 30.9 Å². The highest BCUT2D eigenvalue weighted by molar-refractivity contribution is 5.91. The summed E-state index contributed by atoms with van der Waals surface area (Å²) in [7, 11) is 0. The van der Waals surface area contributed by atoms with Crippen molar-refractivity contribution in [1.82, 2.24) is 19.1 Å². The van der Waals surface area contributed by atoms with Gasteiger partial charge in [0.1, 0.15) is 0 Å². The minimum Gasteiger partial charge on any atom is -0.326 e. The number of azo groups is 1. The predicted octanol–water partition coefficient (Wildman–Crippen LogP) is 2.48. The summed E-state index contributed by atoms with van der Waals surface area (Å²) in [6.07, 6.45) is 2.92. The fourth-order valence-electron chi connectivity index (χ4n) is 3.80. The highest BCUT2D eigenvalue weighted by Gasteiger charge is 2.08. The van der Waals surface area contributed by atoms with Crippen molar-refractivity contribution in [2.24, 2.45) is 10.2 Å². The molecule has 14 nitrogen and oxygen atoms in total. The number of nitrogens with zero attached hydrogens (tertiary/aromatic N) is 4. The first-order valence-electron chi connectivity index (χ1n) is 12.9. The smallest absolute Gasteiger partial charge is 0.326 e. The third kappa shape index (κ3) is 7.94. The van der Waals surface area contributed by atoms with Crippen LogP contribution in [0.25, 0.3) is 0 Å². The minimum absolute atomic E-state index is 0.0398. The van der Waals surface area contributed by atoms with E-state index in [-0.39, 0.29) is 37.7 Å². The van der Waals surface area contributed by atoms with Gasteiger partial charge in [0, 0.05) is 60.8 Å². The molecule has 4 aromatic rings. The minimum atomic E-state index is -0.569. The molecule has 4 rings (SSSR count). The lowest BCUT2D eigenvalue weighted by Crippen LogP contribution is -2.31. The maximum absolute atomic E-state index is 12.3. The number of H-pyrrole nitrogens is 2. The number of anilines is 2. The average Bonchev–Trinajstić information content (AvgIpc) is 2.96. The molecule has 2 aromatic carbocycles. The van der Waals surface area contributed by atoms with Crippen molar-refractivity contribution >= 4 is 34.6 Å². The van der Waals surface area contributed by atoms with E-state index in [2.05, 4.69) is 30.8 Å². The number of carbonyl (C=O) groups excluding carboxylic acids is 2. The van der Waals surface area contributed by atoms with Crippen LogP contribution in [0.15, 0.2) is 90.3 Å². The van der Waals surface area contributed by atoms with Gasteiger partial charge >= 0.3 is 11.4 Å². The van der Waals surface area contributed by atoms with Gasteiger partial charge in [0.25, 0.3) is 11.1 Å². The summed E-state index contributed by atoms with van der Waals surface area (Å²) in [5.74, 6) is -0.597. The lowest BCUT2D eigenvalue weighted by atomic mass is 10.2. The Morgan fingerprint density at radius 1 is 0.643 bits per heavy atom. The molecule has 0 radical (unpaired) electrons. The van der Waals surface area contributed by atoms with E-state index in [1.54, 1.807) is 62.4 Å². The second-order valence-corrected chi connectivity index (χ2v) is 9.42. The SMILES string of the molecule is Cc1cn(CCC(=O)Nc2ccc(N=Nc3ccc(NC(=O)CCn4cc(C)c(=O)[nH]c4=O)cc3)cc2)c(=O)[nH]c1=O. The molecule has 0 bridgehead atoms. The Balaban J connectivity index is 1.25. The standard InChI is InChI=1S/C28H28N8O6/c1-17-15-35(27(41)31-25(17)39)13-11-23(37)29-19-3-7-21(8-4-19)33-34-22-9-5-20(6-10-22)30-24(38)12-14-36-16-18(2)26(40)32-28(36)42/h3-10,15-16H,11-14H2,1-2H3,(H,29,37)(H,30,38)(H,31,39,41)(H,32,40,42). The molecule has 0 atom stereocenters. The first kappa shape index (κ1) is 29.3. The molecule has 0 unspecified atom stereocenters. The topological polar surface area (TPSA) is 193 Å². The van der Waals surface area contributed by atoms with Crippen molar-refractivity contribution in [3.8, 4) is 0 Å². The molecule has 2 amide bonds. The number of nitrogens with one attached hydrogen (secondary N) is 4. The molecule has 0 aliphatic heterocycles. The monoisotopic (exact) mass is 572 g/mol.